The van der Waals surface area contributed by atoms with Crippen molar-refractivity contribution in [3.05, 3.63) is 83.9 Å². The molecule has 0 aromatic heterocycles. The standard InChI is InChI=1S/C30H34O8/c1-7-19-9-13-21(14-10-19)27(31)35-25(23-17-33-29(3,4)37-23)26(24-18-34-30(5,6)38-24)36-28(32)22-15-11-20(8-2)12-16-22/h7-16,23-26H,1-2,17-18H2,3-6H3/t23-,24-,25-,26-/m0/s1. The topological polar surface area (TPSA) is 89.5 Å². The molecule has 0 bridgehead atoms. The molecule has 38 heavy (non-hydrogen) atoms. The average Bonchev–Trinajstić information content (AvgIpc) is 3.46. The van der Waals surface area contributed by atoms with Crippen LogP contribution < -0.4 is 0 Å². The summed E-state index contributed by atoms with van der Waals surface area (Å²) >= 11 is 0. The third kappa shape index (κ3) is 6.57. The van der Waals surface area contributed by atoms with Crippen LogP contribution >= 0.6 is 0 Å². The Bertz CT molecular complexity index is 1070. The predicted octanol–water partition coefficient (Wildman–Crippen LogP) is 5.03. The highest BCUT2D eigenvalue weighted by Crippen LogP contribution is 2.33. The Balaban J connectivity index is 1.66. The van der Waals surface area contributed by atoms with E-state index in [1.165, 1.54) is 0 Å². The highest BCUT2D eigenvalue weighted by atomic mass is 16.8. The quantitative estimate of drug-likeness (QED) is 0.424. The fourth-order valence-corrected chi connectivity index (χ4v) is 4.36. The molecule has 2 aliphatic rings. The summed E-state index contributed by atoms with van der Waals surface area (Å²) < 4.78 is 35.7. The zero-order valence-corrected chi connectivity index (χ0v) is 22.2. The van der Waals surface area contributed by atoms with E-state index in [-0.39, 0.29) is 13.2 Å². The lowest BCUT2D eigenvalue weighted by atomic mass is 10.0. The molecule has 2 aromatic rings. The molecule has 0 radical (unpaired) electrons. The first-order chi connectivity index (χ1) is 18.0. The van der Waals surface area contributed by atoms with Gasteiger partial charge in [0.25, 0.3) is 0 Å². The van der Waals surface area contributed by atoms with Crippen molar-refractivity contribution in [3.8, 4) is 0 Å². The number of esters is 2. The van der Waals surface area contributed by atoms with E-state index in [9.17, 15) is 9.59 Å². The molecular weight excluding hydrogens is 488 g/mol. The number of benzene rings is 2. The molecule has 2 aromatic carbocycles. The van der Waals surface area contributed by atoms with Crippen LogP contribution in [-0.4, -0.2) is 61.1 Å². The summed E-state index contributed by atoms with van der Waals surface area (Å²) in [6.45, 7) is 14.8. The summed E-state index contributed by atoms with van der Waals surface area (Å²) in [7, 11) is 0. The Morgan fingerprint density at radius 2 is 1.08 bits per heavy atom. The molecule has 2 saturated heterocycles. The summed E-state index contributed by atoms with van der Waals surface area (Å²) in [6, 6.07) is 13.6. The molecular formula is C30H34O8. The number of carbonyl (C=O) groups excluding carboxylic acids is 2. The van der Waals surface area contributed by atoms with Crippen molar-refractivity contribution in [1.82, 2.24) is 0 Å². The van der Waals surface area contributed by atoms with Gasteiger partial charge in [-0.15, -0.1) is 0 Å². The van der Waals surface area contributed by atoms with Gasteiger partial charge in [0.1, 0.15) is 12.2 Å². The van der Waals surface area contributed by atoms with Crippen molar-refractivity contribution in [3.63, 3.8) is 0 Å². The average molecular weight is 523 g/mol. The minimum Gasteiger partial charge on any atom is -0.452 e. The Kier molecular flexibility index (Phi) is 8.18. The van der Waals surface area contributed by atoms with Gasteiger partial charge in [0, 0.05) is 0 Å². The molecule has 0 unspecified atom stereocenters. The molecule has 2 heterocycles. The number of carbonyl (C=O) groups is 2. The molecule has 2 aliphatic heterocycles. The van der Waals surface area contributed by atoms with Gasteiger partial charge in [-0.1, -0.05) is 49.6 Å². The minimum absolute atomic E-state index is 0.124. The summed E-state index contributed by atoms with van der Waals surface area (Å²) in [4.78, 5) is 26.6. The van der Waals surface area contributed by atoms with Crippen LogP contribution in [0.4, 0.5) is 0 Å². The normalized spacial score (nSPS) is 23.3. The molecule has 2 fully saturated rings. The van der Waals surface area contributed by atoms with Crippen LogP contribution in [0.3, 0.4) is 0 Å². The minimum atomic E-state index is -1.05. The molecule has 202 valence electrons. The molecule has 8 heteroatoms. The van der Waals surface area contributed by atoms with Gasteiger partial charge in [-0.05, 0) is 63.1 Å². The molecule has 0 aliphatic carbocycles. The zero-order chi connectivity index (χ0) is 27.5. The number of rotatable bonds is 9. The van der Waals surface area contributed by atoms with Gasteiger partial charge in [-0.2, -0.15) is 0 Å². The molecule has 0 saturated carbocycles. The zero-order valence-electron chi connectivity index (χ0n) is 22.2. The van der Waals surface area contributed by atoms with Crippen molar-refractivity contribution in [2.24, 2.45) is 0 Å². The third-order valence-corrected chi connectivity index (χ3v) is 6.37. The first-order valence-corrected chi connectivity index (χ1v) is 12.5. The van der Waals surface area contributed by atoms with Gasteiger partial charge in [0.05, 0.1) is 24.3 Å². The predicted molar refractivity (Wildman–Crippen MR) is 141 cm³/mol. The number of hydrogen-bond donors (Lipinski definition) is 0. The highest BCUT2D eigenvalue weighted by Gasteiger charge is 2.50. The van der Waals surface area contributed by atoms with Crippen LogP contribution in [0, 0.1) is 0 Å². The van der Waals surface area contributed by atoms with Gasteiger partial charge in [-0.25, -0.2) is 9.59 Å². The van der Waals surface area contributed by atoms with Crippen molar-refractivity contribution in [2.75, 3.05) is 13.2 Å². The van der Waals surface area contributed by atoms with Crippen molar-refractivity contribution in [1.29, 1.82) is 0 Å². The van der Waals surface area contributed by atoms with Gasteiger partial charge < -0.3 is 28.4 Å². The lowest BCUT2D eigenvalue weighted by molar-refractivity contribution is -0.185. The monoisotopic (exact) mass is 522 g/mol. The summed E-state index contributed by atoms with van der Waals surface area (Å²) in [5.74, 6) is -3.04. The van der Waals surface area contributed by atoms with E-state index in [0.29, 0.717) is 11.1 Å². The number of hydrogen-bond acceptors (Lipinski definition) is 8. The fourth-order valence-electron chi connectivity index (χ4n) is 4.36. The smallest absolute Gasteiger partial charge is 0.338 e. The first-order valence-electron chi connectivity index (χ1n) is 12.5. The molecule has 4 atom stereocenters. The fraction of sp³-hybridized carbons (Fsp3) is 0.400. The van der Waals surface area contributed by atoms with Crippen molar-refractivity contribution in [2.45, 2.75) is 63.7 Å². The maximum absolute atomic E-state index is 13.3. The van der Waals surface area contributed by atoms with Gasteiger partial charge in [0.15, 0.2) is 23.8 Å². The van der Waals surface area contributed by atoms with E-state index in [4.69, 9.17) is 28.4 Å². The first kappa shape index (κ1) is 27.7. The SMILES string of the molecule is C=Cc1ccc(C(=O)O[C@H]([C@@H](OC(=O)c2ccc(C=C)cc2)[C@@H]2COC(C)(C)O2)[C@@H]2COC(C)(C)O2)cc1. The van der Waals surface area contributed by atoms with Crippen LogP contribution in [0.5, 0.6) is 0 Å². The van der Waals surface area contributed by atoms with E-state index >= 15 is 0 Å². The van der Waals surface area contributed by atoms with E-state index in [2.05, 4.69) is 13.2 Å². The number of ether oxygens (including phenoxy) is 6. The summed E-state index contributed by atoms with van der Waals surface area (Å²) in [5, 5.41) is 0. The maximum atomic E-state index is 13.3. The molecule has 4 rings (SSSR count). The second kappa shape index (κ2) is 11.2. The second-order valence-corrected chi connectivity index (χ2v) is 10.1. The van der Waals surface area contributed by atoms with Crippen LogP contribution in [0.2, 0.25) is 0 Å². The van der Waals surface area contributed by atoms with Gasteiger partial charge >= 0.3 is 11.9 Å². The summed E-state index contributed by atoms with van der Waals surface area (Å²) in [6.07, 6.45) is -0.200. The van der Waals surface area contributed by atoms with Gasteiger partial charge in [-0.3, -0.25) is 0 Å². The molecule has 0 N–H and O–H groups in total. The molecule has 0 amide bonds. The van der Waals surface area contributed by atoms with E-state index in [1.54, 1.807) is 88.4 Å². The Hall–Kier alpha value is -3.30. The van der Waals surface area contributed by atoms with E-state index < -0.39 is 47.9 Å². The highest BCUT2D eigenvalue weighted by molar-refractivity contribution is 5.90. The van der Waals surface area contributed by atoms with Crippen LogP contribution in [0.15, 0.2) is 61.7 Å². The van der Waals surface area contributed by atoms with E-state index in [0.717, 1.165) is 11.1 Å². The largest absolute Gasteiger partial charge is 0.452 e. The van der Waals surface area contributed by atoms with Gasteiger partial charge in [0.2, 0.25) is 0 Å². The Labute approximate surface area is 223 Å². The van der Waals surface area contributed by atoms with E-state index in [1.807, 2.05) is 0 Å². The molecule has 0 spiro atoms. The molecule has 8 nitrogen and oxygen atoms in total. The van der Waals surface area contributed by atoms with Crippen LogP contribution in [0.25, 0.3) is 12.2 Å². The van der Waals surface area contributed by atoms with Crippen LogP contribution in [0.1, 0.15) is 59.5 Å². The van der Waals surface area contributed by atoms with Crippen LogP contribution in [-0.2, 0) is 28.4 Å². The lowest BCUT2D eigenvalue weighted by Crippen LogP contribution is -2.51. The van der Waals surface area contributed by atoms with Crippen molar-refractivity contribution < 1.29 is 38.0 Å². The maximum Gasteiger partial charge on any atom is 0.338 e. The summed E-state index contributed by atoms with van der Waals surface area (Å²) in [5.41, 5.74) is 2.38. The second-order valence-electron chi connectivity index (χ2n) is 10.1. The Morgan fingerprint density at radius 1 is 0.737 bits per heavy atom. The Morgan fingerprint density at radius 3 is 1.34 bits per heavy atom. The third-order valence-electron chi connectivity index (χ3n) is 6.37. The van der Waals surface area contributed by atoms with Crippen molar-refractivity contribution >= 4 is 24.1 Å². The lowest BCUT2D eigenvalue weighted by Gasteiger charge is -2.33.